The fraction of sp³-hybridized carbons (Fsp3) is 0.529. The van der Waals surface area contributed by atoms with Crippen LogP contribution in [-0.4, -0.2) is 60.9 Å². The lowest BCUT2D eigenvalue weighted by Gasteiger charge is -2.25. The van der Waals surface area contributed by atoms with Crippen LogP contribution < -0.4 is 15.8 Å². The summed E-state index contributed by atoms with van der Waals surface area (Å²) in [5.74, 6) is 0.641. The summed E-state index contributed by atoms with van der Waals surface area (Å²) < 4.78 is 10.1. The molecule has 3 aliphatic rings. The summed E-state index contributed by atoms with van der Waals surface area (Å²) in [5, 5.41) is 4.22. The zero-order valence-electron chi connectivity index (χ0n) is 26.4. The predicted octanol–water partition coefficient (Wildman–Crippen LogP) is 5.15. The van der Waals surface area contributed by atoms with Gasteiger partial charge in [-0.25, -0.2) is 9.97 Å². The van der Waals surface area contributed by atoms with Crippen LogP contribution in [0.25, 0.3) is 28.1 Å². The van der Waals surface area contributed by atoms with Crippen molar-refractivity contribution in [3.05, 3.63) is 47.3 Å². The number of pyridine rings is 2. The summed E-state index contributed by atoms with van der Waals surface area (Å²) >= 11 is 0. The second kappa shape index (κ2) is 10.6. The van der Waals surface area contributed by atoms with E-state index in [4.69, 9.17) is 20.4 Å². The van der Waals surface area contributed by atoms with Crippen LogP contribution in [-0.2, 0) is 11.3 Å². The number of ether oxygens (including phenoxy) is 1. The molecule has 3 N–H and O–H groups in total. The van der Waals surface area contributed by atoms with Gasteiger partial charge in [-0.1, -0.05) is 26.7 Å². The SMILES string of the molecule is COc1cc(C(=O)N2[C@H]3CC[C@@H]2[C@H](N)C3)cc2nc(-c3cc4ccc5nc4n3CCCCCC(C)(C)C(=O)N[C@@H]5C)c(C)n12. The maximum atomic E-state index is 13.8. The quantitative estimate of drug-likeness (QED) is 0.337. The topological polar surface area (TPSA) is 120 Å². The number of nitrogens with zero attached hydrogens (tertiary/aromatic N) is 5. The number of carbonyl (C=O) groups excluding carboxylic acids is 2. The van der Waals surface area contributed by atoms with E-state index in [0.717, 1.165) is 85.3 Å². The molecular weight excluding hydrogens is 554 g/mol. The van der Waals surface area contributed by atoms with Gasteiger partial charge in [0.05, 0.1) is 30.2 Å². The molecule has 2 saturated heterocycles. The van der Waals surface area contributed by atoms with Crippen molar-refractivity contribution in [2.24, 2.45) is 11.1 Å². The maximum Gasteiger partial charge on any atom is 0.254 e. The van der Waals surface area contributed by atoms with Crippen LogP contribution in [0.15, 0.2) is 30.3 Å². The molecule has 0 saturated carbocycles. The summed E-state index contributed by atoms with van der Waals surface area (Å²) in [6.45, 7) is 8.88. The van der Waals surface area contributed by atoms with E-state index in [-0.39, 0.29) is 36.0 Å². The first kappa shape index (κ1) is 28.8. The van der Waals surface area contributed by atoms with Crippen LogP contribution in [0.5, 0.6) is 5.88 Å². The van der Waals surface area contributed by atoms with Crippen LogP contribution in [0.3, 0.4) is 0 Å². The number of imidazole rings is 1. The van der Waals surface area contributed by atoms with E-state index in [1.54, 1.807) is 7.11 Å². The molecule has 3 aliphatic heterocycles. The Labute approximate surface area is 258 Å². The van der Waals surface area contributed by atoms with Crippen molar-refractivity contribution in [1.82, 2.24) is 29.2 Å². The highest BCUT2D eigenvalue weighted by atomic mass is 16.5. The number of hydrogen-bond acceptors (Lipinski definition) is 6. The Balaban J connectivity index is 1.31. The fourth-order valence-electron chi connectivity index (χ4n) is 7.69. The zero-order valence-corrected chi connectivity index (χ0v) is 26.4. The lowest BCUT2D eigenvalue weighted by atomic mass is 9.85. The standard InChI is InChI=1S/C34H43N7O3/c1-19-25-11-9-21-15-27(39(31(21)37-25)14-8-6-7-13-34(3,4)33(43)36-19)30-20(2)40-28(38-30)16-22(17-29(40)44-5)32(42)41-23-10-12-26(41)24(35)18-23/h9,11,15-17,19,23-24,26H,6-8,10,12-14,18,35H2,1-5H3,(H,36,43)/t19-,23+,24-,26-/m1/s1. The van der Waals surface area contributed by atoms with Crippen molar-refractivity contribution in [2.45, 2.75) is 103 Å². The molecule has 0 radical (unpaired) electrons. The Morgan fingerprint density at radius 2 is 1.93 bits per heavy atom. The van der Waals surface area contributed by atoms with Crippen LogP contribution in [0.1, 0.15) is 93.5 Å². The van der Waals surface area contributed by atoms with Crippen molar-refractivity contribution < 1.29 is 14.3 Å². The van der Waals surface area contributed by atoms with E-state index in [2.05, 4.69) is 22.0 Å². The van der Waals surface area contributed by atoms with Crippen molar-refractivity contribution in [1.29, 1.82) is 0 Å². The highest BCUT2D eigenvalue weighted by Gasteiger charge is 2.47. The Hall–Kier alpha value is -3.92. The van der Waals surface area contributed by atoms with Crippen LogP contribution >= 0.6 is 0 Å². The summed E-state index contributed by atoms with van der Waals surface area (Å²) in [6.07, 6.45) is 6.63. The molecule has 7 heterocycles. The average Bonchev–Trinajstić information content (AvgIpc) is 3.75. The first-order valence-corrected chi connectivity index (χ1v) is 16.0. The number of nitrogens with one attached hydrogen (secondary N) is 1. The molecule has 0 unspecified atom stereocenters. The van der Waals surface area contributed by atoms with E-state index >= 15 is 0 Å². The molecule has 10 nitrogen and oxygen atoms in total. The highest BCUT2D eigenvalue weighted by Crippen LogP contribution is 2.39. The monoisotopic (exact) mass is 597 g/mol. The van der Waals surface area contributed by atoms with Gasteiger partial charge in [-0.05, 0) is 70.2 Å². The molecule has 4 bridgehead atoms. The second-order valence-electron chi connectivity index (χ2n) is 13.7. The molecule has 0 aliphatic carbocycles. The lowest BCUT2D eigenvalue weighted by Crippen LogP contribution is -2.40. The third-order valence-electron chi connectivity index (χ3n) is 10.3. The van der Waals surface area contributed by atoms with E-state index in [9.17, 15) is 9.59 Å². The number of amides is 2. The van der Waals surface area contributed by atoms with Crippen molar-refractivity contribution in [2.75, 3.05) is 7.11 Å². The van der Waals surface area contributed by atoms with Gasteiger partial charge in [0.15, 0.2) is 5.88 Å². The first-order valence-electron chi connectivity index (χ1n) is 16.0. The van der Waals surface area contributed by atoms with Gasteiger partial charge >= 0.3 is 0 Å². The number of hydrogen-bond donors (Lipinski definition) is 2. The molecule has 2 amide bonds. The zero-order chi connectivity index (χ0) is 30.9. The number of fused-ring (bicyclic) bond motifs is 4. The Kier molecular flexibility index (Phi) is 6.95. The number of carbonyl (C=O) groups is 2. The van der Waals surface area contributed by atoms with Gasteiger partial charge in [-0.3, -0.25) is 14.0 Å². The molecule has 44 heavy (non-hydrogen) atoms. The molecule has 232 valence electrons. The minimum atomic E-state index is -0.430. The number of methoxy groups -OCH3 is 1. The van der Waals surface area contributed by atoms with Gasteiger partial charge in [0.1, 0.15) is 17.0 Å². The minimum Gasteiger partial charge on any atom is -0.482 e. The predicted molar refractivity (Wildman–Crippen MR) is 170 cm³/mol. The second-order valence-corrected chi connectivity index (χ2v) is 13.7. The molecule has 2 fully saturated rings. The molecular formula is C34H43N7O3. The number of rotatable bonds is 3. The van der Waals surface area contributed by atoms with Crippen LogP contribution in [0, 0.1) is 12.3 Å². The smallest absolute Gasteiger partial charge is 0.254 e. The normalized spacial score (nSPS) is 25.2. The molecule has 4 atom stereocenters. The van der Waals surface area contributed by atoms with E-state index in [0.29, 0.717) is 17.1 Å². The van der Waals surface area contributed by atoms with Gasteiger partial charge in [-0.2, -0.15) is 0 Å². The van der Waals surface area contributed by atoms with Crippen LogP contribution in [0.4, 0.5) is 0 Å². The Morgan fingerprint density at radius 1 is 1.11 bits per heavy atom. The van der Waals surface area contributed by atoms with Gasteiger partial charge in [0, 0.05) is 47.1 Å². The van der Waals surface area contributed by atoms with Gasteiger partial charge < -0.3 is 25.3 Å². The summed E-state index contributed by atoms with van der Waals surface area (Å²) in [4.78, 5) is 39.1. The minimum absolute atomic E-state index is 0.000966. The number of aryl methyl sites for hydroxylation is 2. The average molecular weight is 598 g/mol. The van der Waals surface area contributed by atoms with Crippen molar-refractivity contribution >= 4 is 28.5 Å². The maximum absolute atomic E-state index is 13.8. The van der Waals surface area contributed by atoms with Gasteiger partial charge in [0.25, 0.3) is 5.91 Å². The third kappa shape index (κ3) is 4.57. The van der Waals surface area contributed by atoms with Crippen molar-refractivity contribution in [3.63, 3.8) is 0 Å². The van der Waals surface area contributed by atoms with Crippen LogP contribution in [0.2, 0.25) is 0 Å². The summed E-state index contributed by atoms with van der Waals surface area (Å²) in [6, 6.07) is 10.1. The molecule has 0 aromatic carbocycles. The third-order valence-corrected chi connectivity index (χ3v) is 10.3. The molecule has 7 rings (SSSR count). The fourth-order valence-corrected chi connectivity index (χ4v) is 7.69. The molecule has 0 spiro atoms. The Bertz CT molecular complexity index is 1790. The van der Waals surface area contributed by atoms with E-state index < -0.39 is 5.41 Å². The molecule has 4 aromatic rings. The van der Waals surface area contributed by atoms with E-state index in [1.807, 2.05) is 55.2 Å². The van der Waals surface area contributed by atoms with Gasteiger partial charge in [-0.15, -0.1) is 0 Å². The Morgan fingerprint density at radius 3 is 2.66 bits per heavy atom. The molecule has 10 heteroatoms. The van der Waals surface area contributed by atoms with Crippen molar-refractivity contribution in [3.8, 4) is 17.3 Å². The summed E-state index contributed by atoms with van der Waals surface area (Å²) in [5.41, 5.74) is 11.6. The van der Waals surface area contributed by atoms with E-state index in [1.165, 1.54) is 0 Å². The number of nitrogens with two attached hydrogens (primary N) is 1. The molecule has 4 aromatic heterocycles. The first-order chi connectivity index (χ1) is 21.1. The highest BCUT2D eigenvalue weighted by molar-refractivity contribution is 5.97. The lowest BCUT2D eigenvalue weighted by molar-refractivity contribution is -0.130. The summed E-state index contributed by atoms with van der Waals surface area (Å²) in [7, 11) is 1.63. The largest absolute Gasteiger partial charge is 0.482 e. The number of aromatic nitrogens is 4. The van der Waals surface area contributed by atoms with Gasteiger partial charge in [0.2, 0.25) is 5.91 Å².